The zero-order valence-corrected chi connectivity index (χ0v) is 14.2. The van der Waals surface area contributed by atoms with Gasteiger partial charge in [-0.3, -0.25) is 4.79 Å². The predicted molar refractivity (Wildman–Crippen MR) is 94.4 cm³/mol. The van der Waals surface area contributed by atoms with Crippen LogP contribution in [-0.4, -0.2) is 30.3 Å². The van der Waals surface area contributed by atoms with E-state index < -0.39 is 0 Å². The van der Waals surface area contributed by atoms with Crippen LogP contribution in [-0.2, 0) is 0 Å². The molecule has 2 aromatic rings. The fourth-order valence-corrected chi connectivity index (χ4v) is 2.40. The number of nitrogens with zero attached hydrogens (tertiary/aromatic N) is 1. The average molecular weight is 311 g/mol. The Morgan fingerprint density at radius 3 is 1.96 bits per heavy atom. The van der Waals surface area contributed by atoms with Crippen molar-refractivity contribution in [1.29, 1.82) is 0 Å². The van der Waals surface area contributed by atoms with E-state index in [1.54, 1.807) is 0 Å². The average Bonchev–Trinajstić information content (AvgIpc) is 2.58. The van der Waals surface area contributed by atoms with Gasteiger partial charge in [-0.1, -0.05) is 31.5 Å². The molecule has 0 aromatic heterocycles. The molecule has 0 bridgehead atoms. The van der Waals surface area contributed by atoms with Crippen LogP contribution in [0.4, 0.5) is 0 Å². The first-order valence-corrected chi connectivity index (χ1v) is 8.22. The lowest BCUT2D eigenvalue weighted by molar-refractivity contribution is 0.0966. The summed E-state index contributed by atoms with van der Waals surface area (Å²) in [6.45, 7) is 9.05. The number of hydrogen-bond donors (Lipinski definition) is 0. The number of ether oxygens (including phenoxy) is 1. The molecule has 3 heteroatoms. The minimum atomic E-state index is 0.179. The maximum atomic E-state index is 12.2. The Balaban J connectivity index is 1.93. The number of carbonyl (C=O) groups is 1. The van der Waals surface area contributed by atoms with E-state index in [2.05, 4.69) is 18.7 Å². The van der Waals surface area contributed by atoms with Gasteiger partial charge in [-0.2, -0.15) is 0 Å². The molecule has 0 aliphatic rings. The number of carbonyl (C=O) groups excluding carboxylic acids is 1. The van der Waals surface area contributed by atoms with E-state index >= 15 is 0 Å². The number of aryl methyl sites for hydroxylation is 1. The normalized spacial score (nSPS) is 10.8. The van der Waals surface area contributed by atoms with E-state index in [-0.39, 0.29) is 5.78 Å². The molecule has 0 fully saturated rings. The lowest BCUT2D eigenvalue weighted by atomic mass is 10.1. The zero-order chi connectivity index (χ0) is 16.7. The van der Waals surface area contributed by atoms with E-state index in [0.717, 1.165) is 36.7 Å². The third kappa shape index (κ3) is 5.22. The highest BCUT2D eigenvalue weighted by Gasteiger charge is 2.08. The van der Waals surface area contributed by atoms with Crippen LogP contribution in [0.15, 0.2) is 48.5 Å². The summed E-state index contributed by atoms with van der Waals surface area (Å²) in [6, 6.07) is 15.3. The first-order chi connectivity index (χ1) is 11.1. The van der Waals surface area contributed by atoms with Crippen LogP contribution in [0.3, 0.4) is 0 Å². The fourth-order valence-electron chi connectivity index (χ4n) is 2.40. The van der Waals surface area contributed by atoms with E-state index in [4.69, 9.17) is 4.74 Å². The second-order valence-electron chi connectivity index (χ2n) is 5.64. The van der Waals surface area contributed by atoms with Crippen LogP contribution in [0.5, 0.6) is 11.5 Å². The van der Waals surface area contributed by atoms with Gasteiger partial charge in [0.15, 0.2) is 5.78 Å². The van der Waals surface area contributed by atoms with Gasteiger partial charge in [0.1, 0.15) is 11.5 Å². The van der Waals surface area contributed by atoms with E-state index in [0.29, 0.717) is 6.42 Å². The molecule has 122 valence electrons. The highest BCUT2D eigenvalue weighted by molar-refractivity contribution is 5.96. The summed E-state index contributed by atoms with van der Waals surface area (Å²) in [5, 5.41) is 0. The van der Waals surface area contributed by atoms with Crippen molar-refractivity contribution in [1.82, 2.24) is 4.90 Å². The number of hydrogen-bond acceptors (Lipinski definition) is 3. The quantitative estimate of drug-likeness (QED) is 0.662. The largest absolute Gasteiger partial charge is 0.457 e. The molecule has 0 aliphatic heterocycles. The van der Waals surface area contributed by atoms with Crippen molar-refractivity contribution in [3.63, 3.8) is 0 Å². The van der Waals surface area contributed by atoms with Gasteiger partial charge in [0, 0.05) is 18.5 Å². The summed E-state index contributed by atoms with van der Waals surface area (Å²) in [7, 11) is 0. The molecule has 0 atom stereocenters. The monoisotopic (exact) mass is 311 g/mol. The molecule has 0 radical (unpaired) electrons. The third-order valence-corrected chi connectivity index (χ3v) is 3.98. The molecule has 23 heavy (non-hydrogen) atoms. The highest BCUT2D eigenvalue weighted by atomic mass is 16.5. The van der Waals surface area contributed by atoms with E-state index in [1.807, 2.05) is 55.5 Å². The third-order valence-electron chi connectivity index (χ3n) is 3.98. The SMILES string of the molecule is CCN(CC)CCC(=O)c1ccc(Oc2ccc(C)cc2)cc1. The summed E-state index contributed by atoms with van der Waals surface area (Å²) in [6.07, 6.45) is 0.555. The van der Waals surface area contributed by atoms with Gasteiger partial charge in [0.2, 0.25) is 0 Å². The molecule has 0 unspecified atom stereocenters. The van der Waals surface area contributed by atoms with Gasteiger partial charge >= 0.3 is 0 Å². The summed E-state index contributed by atoms with van der Waals surface area (Å²) in [4.78, 5) is 14.5. The van der Waals surface area contributed by atoms with Crippen molar-refractivity contribution in [3.05, 3.63) is 59.7 Å². The van der Waals surface area contributed by atoms with Crippen molar-refractivity contribution in [2.75, 3.05) is 19.6 Å². The molecule has 0 amide bonds. The van der Waals surface area contributed by atoms with Crippen LogP contribution in [0.25, 0.3) is 0 Å². The number of Topliss-reactive ketones (excluding diaryl/α,β-unsaturated/α-hetero) is 1. The molecule has 2 aromatic carbocycles. The van der Waals surface area contributed by atoms with Crippen LogP contribution < -0.4 is 4.74 Å². The molecule has 3 nitrogen and oxygen atoms in total. The Hall–Kier alpha value is -2.13. The molecule has 2 rings (SSSR count). The Morgan fingerprint density at radius 2 is 1.43 bits per heavy atom. The van der Waals surface area contributed by atoms with Crippen LogP contribution in [0.1, 0.15) is 36.2 Å². The Morgan fingerprint density at radius 1 is 0.913 bits per heavy atom. The summed E-state index contributed by atoms with van der Waals surface area (Å²) in [5.41, 5.74) is 1.94. The standard InChI is InChI=1S/C20H25NO2/c1-4-21(5-2)15-14-20(22)17-8-12-19(13-9-17)23-18-10-6-16(3)7-11-18/h6-13H,4-5,14-15H2,1-3H3. The van der Waals surface area contributed by atoms with Crippen molar-refractivity contribution in [3.8, 4) is 11.5 Å². The second-order valence-corrected chi connectivity index (χ2v) is 5.64. The minimum Gasteiger partial charge on any atom is -0.457 e. The van der Waals surface area contributed by atoms with Gasteiger partial charge in [-0.15, -0.1) is 0 Å². The number of ketones is 1. The number of rotatable bonds is 8. The van der Waals surface area contributed by atoms with Crippen molar-refractivity contribution >= 4 is 5.78 Å². The maximum absolute atomic E-state index is 12.2. The van der Waals surface area contributed by atoms with Crippen molar-refractivity contribution < 1.29 is 9.53 Å². The molecule has 0 aliphatic carbocycles. The smallest absolute Gasteiger partial charge is 0.164 e. The molecule has 0 heterocycles. The molecular formula is C20H25NO2. The molecule has 0 N–H and O–H groups in total. The first kappa shape index (κ1) is 17.2. The topological polar surface area (TPSA) is 29.5 Å². The summed E-state index contributed by atoms with van der Waals surface area (Å²) in [5.74, 6) is 1.73. The van der Waals surface area contributed by atoms with Gasteiger partial charge in [0.05, 0.1) is 0 Å². The summed E-state index contributed by atoms with van der Waals surface area (Å²) >= 11 is 0. The predicted octanol–water partition coefficient (Wildman–Crippen LogP) is 4.70. The Kier molecular flexibility index (Phi) is 6.36. The second kappa shape index (κ2) is 8.49. The minimum absolute atomic E-state index is 0.179. The van der Waals surface area contributed by atoms with Gasteiger partial charge in [0.25, 0.3) is 0 Å². The lowest BCUT2D eigenvalue weighted by Gasteiger charge is -2.17. The van der Waals surface area contributed by atoms with E-state index in [9.17, 15) is 4.79 Å². The molecule has 0 saturated carbocycles. The van der Waals surface area contributed by atoms with Crippen molar-refractivity contribution in [2.24, 2.45) is 0 Å². The van der Waals surface area contributed by atoms with Crippen LogP contribution >= 0.6 is 0 Å². The van der Waals surface area contributed by atoms with Crippen molar-refractivity contribution in [2.45, 2.75) is 27.2 Å². The van der Waals surface area contributed by atoms with E-state index in [1.165, 1.54) is 5.56 Å². The van der Waals surface area contributed by atoms with Gasteiger partial charge < -0.3 is 9.64 Å². The van der Waals surface area contributed by atoms with Gasteiger partial charge in [-0.05, 0) is 56.4 Å². The molecule has 0 saturated heterocycles. The van der Waals surface area contributed by atoms with Gasteiger partial charge in [-0.25, -0.2) is 0 Å². The Bertz CT molecular complexity index is 613. The summed E-state index contributed by atoms with van der Waals surface area (Å²) < 4.78 is 5.78. The maximum Gasteiger partial charge on any atom is 0.164 e. The first-order valence-electron chi connectivity index (χ1n) is 8.22. The molecule has 0 spiro atoms. The Labute approximate surface area is 138 Å². The highest BCUT2D eigenvalue weighted by Crippen LogP contribution is 2.22. The van der Waals surface area contributed by atoms with Crippen LogP contribution in [0, 0.1) is 6.92 Å². The zero-order valence-electron chi connectivity index (χ0n) is 14.2. The lowest BCUT2D eigenvalue weighted by Crippen LogP contribution is -2.25. The molecular weight excluding hydrogens is 286 g/mol. The number of benzene rings is 2. The van der Waals surface area contributed by atoms with Crippen LogP contribution in [0.2, 0.25) is 0 Å². The fraction of sp³-hybridized carbons (Fsp3) is 0.350.